The second kappa shape index (κ2) is 8.62. The molecule has 12 heavy (non-hydrogen) atoms. The molecule has 0 amide bonds. The van der Waals surface area contributed by atoms with E-state index in [0.717, 1.165) is 26.4 Å². The maximum absolute atomic E-state index is 8.88. The molecule has 1 heterocycles. The Morgan fingerprint density at radius 2 is 1.08 bits per heavy atom. The van der Waals surface area contributed by atoms with Crippen molar-refractivity contribution < 1.29 is 28.7 Å². The fourth-order valence-electron chi connectivity index (χ4n) is 0.440. The van der Waals surface area contributed by atoms with Crippen LogP contribution in [0.3, 0.4) is 0 Å². The molecular formula is C4H12NaO6P. The molecule has 70 valence electrons. The number of rotatable bonds is 0. The monoisotopic (exact) mass is 210 g/mol. The normalized spacial score (nSPS) is 16.9. The zero-order chi connectivity index (χ0) is 8.74. The van der Waals surface area contributed by atoms with Crippen molar-refractivity contribution in [1.82, 2.24) is 0 Å². The number of ether oxygens (including phenoxy) is 2. The van der Waals surface area contributed by atoms with Crippen LogP contribution in [0.15, 0.2) is 0 Å². The van der Waals surface area contributed by atoms with Gasteiger partial charge in [-0.15, -0.1) is 0 Å². The Balaban J connectivity index is 0. The van der Waals surface area contributed by atoms with Crippen LogP contribution in [0, 0.1) is 0 Å². The molecule has 1 saturated heterocycles. The van der Waals surface area contributed by atoms with Gasteiger partial charge < -0.3 is 24.2 Å². The van der Waals surface area contributed by atoms with Crippen LogP contribution in [0.4, 0.5) is 0 Å². The molecule has 0 saturated carbocycles. The zero-order valence-corrected chi connectivity index (χ0v) is 6.74. The Labute approximate surface area is 92.4 Å². The van der Waals surface area contributed by atoms with Crippen molar-refractivity contribution in [1.29, 1.82) is 0 Å². The predicted molar refractivity (Wildman–Crippen MR) is 43.0 cm³/mol. The standard InChI is InChI=1S/C4H8O2.Na.H3O4P.H/c1-2-6-4-3-5-1;;1-5(2,3)4;/h1-4H2;;(H3,1,2,3,4);. The van der Waals surface area contributed by atoms with Crippen molar-refractivity contribution >= 4 is 37.4 Å². The van der Waals surface area contributed by atoms with Crippen molar-refractivity contribution in [2.24, 2.45) is 0 Å². The van der Waals surface area contributed by atoms with Gasteiger partial charge in [-0.2, -0.15) is 0 Å². The van der Waals surface area contributed by atoms with Gasteiger partial charge >= 0.3 is 37.4 Å². The second-order valence-electron chi connectivity index (χ2n) is 1.74. The van der Waals surface area contributed by atoms with E-state index in [2.05, 4.69) is 0 Å². The van der Waals surface area contributed by atoms with Crippen molar-refractivity contribution in [3.8, 4) is 0 Å². The first kappa shape index (κ1) is 15.5. The van der Waals surface area contributed by atoms with Crippen LogP contribution in [-0.2, 0) is 14.0 Å². The summed E-state index contributed by atoms with van der Waals surface area (Å²) >= 11 is 0. The van der Waals surface area contributed by atoms with Crippen LogP contribution >= 0.6 is 7.82 Å². The molecule has 0 radical (unpaired) electrons. The Morgan fingerprint density at radius 1 is 0.917 bits per heavy atom. The quantitative estimate of drug-likeness (QED) is 0.331. The average Bonchev–Trinajstić information content (AvgIpc) is 1.88. The summed E-state index contributed by atoms with van der Waals surface area (Å²) in [6.07, 6.45) is 0. The Kier molecular flexibility index (Phi) is 11.1. The van der Waals surface area contributed by atoms with Crippen molar-refractivity contribution in [2.45, 2.75) is 0 Å². The minimum atomic E-state index is -4.64. The Bertz CT molecular complexity index is 112. The summed E-state index contributed by atoms with van der Waals surface area (Å²) in [5, 5.41) is 0. The van der Waals surface area contributed by atoms with Gasteiger partial charge in [0.2, 0.25) is 0 Å². The van der Waals surface area contributed by atoms with Crippen molar-refractivity contribution in [3.63, 3.8) is 0 Å². The van der Waals surface area contributed by atoms with Gasteiger partial charge in [-0.05, 0) is 0 Å². The van der Waals surface area contributed by atoms with Gasteiger partial charge in [-0.3, -0.25) is 0 Å². The fraction of sp³-hybridized carbons (Fsp3) is 1.00. The van der Waals surface area contributed by atoms with Crippen LogP contribution in [0.25, 0.3) is 0 Å². The van der Waals surface area contributed by atoms with Gasteiger partial charge in [0.25, 0.3) is 0 Å². The van der Waals surface area contributed by atoms with Gasteiger partial charge in [-0.1, -0.05) is 0 Å². The third-order valence-electron chi connectivity index (χ3n) is 0.744. The first-order chi connectivity index (χ1) is 5.00. The van der Waals surface area contributed by atoms with Crippen LogP contribution in [0.5, 0.6) is 0 Å². The fourth-order valence-corrected chi connectivity index (χ4v) is 0.440. The Morgan fingerprint density at radius 3 is 1.17 bits per heavy atom. The molecule has 0 aliphatic carbocycles. The number of hydrogen-bond acceptors (Lipinski definition) is 3. The number of phosphoric acid groups is 1. The van der Waals surface area contributed by atoms with E-state index in [0.29, 0.717) is 0 Å². The van der Waals surface area contributed by atoms with Crippen LogP contribution in [0.1, 0.15) is 0 Å². The van der Waals surface area contributed by atoms with Gasteiger partial charge in [0.05, 0.1) is 26.4 Å². The molecular weight excluding hydrogens is 198 g/mol. The molecule has 6 nitrogen and oxygen atoms in total. The molecule has 3 N–H and O–H groups in total. The molecule has 1 aliphatic heterocycles. The van der Waals surface area contributed by atoms with Crippen LogP contribution < -0.4 is 0 Å². The first-order valence-corrected chi connectivity index (χ1v) is 4.50. The SMILES string of the molecule is C1COCCO1.O=P(O)(O)O.[NaH]. The number of hydrogen-bond donors (Lipinski definition) is 3. The summed E-state index contributed by atoms with van der Waals surface area (Å²) in [7, 11) is -4.64. The van der Waals surface area contributed by atoms with Crippen LogP contribution in [0.2, 0.25) is 0 Å². The summed E-state index contributed by atoms with van der Waals surface area (Å²) in [6, 6.07) is 0. The van der Waals surface area contributed by atoms with E-state index in [4.69, 9.17) is 28.7 Å². The molecule has 1 rings (SSSR count). The molecule has 0 bridgehead atoms. The van der Waals surface area contributed by atoms with E-state index < -0.39 is 7.82 Å². The van der Waals surface area contributed by atoms with E-state index in [9.17, 15) is 0 Å². The maximum atomic E-state index is 8.88. The molecule has 1 fully saturated rings. The van der Waals surface area contributed by atoms with Gasteiger partial charge in [0.1, 0.15) is 0 Å². The third kappa shape index (κ3) is 22.5. The minimum absolute atomic E-state index is 0. The summed E-state index contributed by atoms with van der Waals surface area (Å²) in [4.78, 5) is 21.6. The molecule has 0 aromatic carbocycles. The van der Waals surface area contributed by atoms with E-state index in [1.54, 1.807) is 0 Å². The second-order valence-corrected chi connectivity index (χ2v) is 2.76. The average molecular weight is 210 g/mol. The third-order valence-corrected chi connectivity index (χ3v) is 0.744. The molecule has 0 aromatic heterocycles. The Hall–Kier alpha value is 1.03. The summed E-state index contributed by atoms with van der Waals surface area (Å²) in [5.74, 6) is 0. The van der Waals surface area contributed by atoms with Crippen LogP contribution in [-0.4, -0.2) is 70.7 Å². The summed E-state index contributed by atoms with van der Waals surface area (Å²) in [6.45, 7) is 3.11. The zero-order valence-electron chi connectivity index (χ0n) is 5.84. The molecule has 8 heteroatoms. The first-order valence-electron chi connectivity index (χ1n) is 2.94. The molecule has 0 unspecified atom stereocenters. The van der Waals surface area contributed by atoms with Crippen molar-refractivity contribution in [3.05, 3.63) is 0 Å². The van der Waals surface area contributed by atoms with Gasteiger partial charge in [0.15, 0.2) is 0 Å². The van der Waals surface area contributed by atoms with E-state index in [1.165, 1.54) is 0 Å². The topological polar surface area (TPSA) is 96.2 Å². The van der Waals surface area contributed by atoms with Crippen molar-refractivity contribution in [2.75, 3.05) is 26.4 Å². The van der Waals surface area contributed by atoms with E-state index in [1.807, 2.05) is 0 Å². The van der Waals surface area contributed by atoms with Gasteiger partial charge in [0, 0.05) is 0 Å². The molecule has 0 spiro atoms. The molecule has 0 atom stereocenters. The predicted octanol–water partition coefficient (Wildman–Crippen LogP) is -1.54. The molecule has 1 aliphatic rings. The summed E-state index contributed by atoms with van der Waals surface area (Å²) < 4.78 is 18.8. The van der Waals surface area contributed by atoms with E-state index >= 15 is 0 Å². The van der Waals surface area contributed by atoms with E-state index in [-0.39, 0.29) is 29.6 Å². The molecule has 0 aromatic rings. The van der Waals surface area contributed by atoms with Gasteiger partial charge in [-0.25, -0.2) is 4.57 Å². The summed E-state index contributed by atoms with van der Waals surface area (Å²) in [5.41, 5.74) is 0.